The summed E-state index contributed by atoms with van der Waals surface area (Å²) in [5.41, 5.74) is 4.57. The van der Waals surface area contributed by atoms with Gasteiger partial charge in [-0.15, -0.1) is 0 Å². The molecule has 1 atom stereocenters. The predicted octanol–water partition coefficient (Wildman–Crippen LogP) is 2.36. The average Bonchev–Trinajstić information content (AvgIpc) is 3.18. The number of hydrogen-bond acceptors (Lipinski definition) is 7. The molecule has 0 unspecified atom stereocenters. The molecule has 33 heavy (non-hydrogen) atoms. The van der Waals surface area contributed by atoms with Gasteiger partial charge in [0.15, 0.2) is 6.10 Å². The number of pyridine rings is 1. The summed E-state index contributed by atoms with van der Waals surface area (Å²) in [5, 5.41) is 2.67. The number of nitrogens with one attached hydrogen (secondary N) is 1. The Hall–Kier alpha value is -3.44. The van der Waals surface area contributed by atoms with Crippen molar-refractivity contribution < 1.29 is 32.2 Å². The number of amides is 2. The zero-order chi connectivity index (χ0) is 23.6. The molecule has 2 fully saturated rings. The molecular formula is C21H22F3N5O4. The van der Waals surface area contributed by atoms with Crippen LogP contribution < -0.4 is 20.5 Å². The van der Waals surface area contributed by atoms with E-state index in [2.05, 4.69) is 20.3 Å². The summed E-state index contributed by atoms with van der Waals surface area (Å²) in [6.45, 7) is 0.502. The van der Waals surface area contributed by atoms with Gasteiger partial charge in [0.1, 0.15) is 17.6 Å². The summed E-state index contributed by atoms with van der Waals surface area (Å²) >= 11 is 0. The first-order valence-corrected chi connectivity index (χ1v) is 10.5. The summed E-state index contributed by atoms with van der Waals surface area (Å²) in [6.07, 6.45) is -1.68. The monoisotopic (exact) mass is 465 g/mol. The molecule has 1 saturated carbocycles. The summed E-state index contributed by atoms with van der Waals surface area (Å²) in [6, 6.07) is 3.46. The van der Waals surface area contributed by atoms with Crippen molar-refractivity contribution in [2.24, 2.45) is 5.73 Å². The number of nitrogens with two attached hydrogens (primary N) is 1. The number of halogens is 3. The van der Waals surface area contributed by atoms with Crippen molar-refractivity contribution in [3.63, 3.8) is 0 Å². The SMILES string of the molecule is NC(=O)c1cc(O[C@H]2CCNC2=O)nc(C2CCC(Oc3ccc(C(F)(F)F)cn3)CC2)n1. The van der Waals surface area contributed by atoms with E-state index in [0.717, 1.165) is 12.3 Å². The van der Waals surface area contributed by atoms with Crippen LogP contribution in [0.15, 0.2) is 24.4 Å². The van der Waals surface area contributed by atoms with E-state index >= 15 is 0 Å². The minimum Gasteiger partial charge on any atom is -0.474 e. The van der Waals surface area contributed by atoms with E-state index in [1.54, 1.807) is 0 Å². The lowest BCUT2D eigenvalue weighted by atomic mass is 9.86. The van der Waals surface area contributed by atoms with Gasteiger partial charge in [-0.05, 0) is 31.7 Å². The number of carbonyl (C=O) groups excluding carboxylic acids is 2. The Balaban J connectivity index is 1.40. The number of ether oxygens (including phenoxy) is 2. The van der Waals surface area contributed by atoms with Crippen LogP contribution in [-0.4, -0.2) is 45.5 Å². The van der Waals surface area contributed by atoms with E-state index in [1.807, 2.05) is 0 Å². The molecule has 3 heterocycles. The quantitative estimate of drug-likeness (QED) is 0.670. The van der Waals surface area contributed by atoms with Gasteiger partial charge in [-0.3, -0.25) is 9.59 Å². The molecule has 0 aromatic carbocycles. The smallest absolute Gasteiger partial charge is 0.417 e. The van der Waals surface area contributed by atoms with E-state index in [9.17, 15) is 22.8 Å². The molecule has 2 aromatic rings. The summed E-state index contributed by atoms with van der Waals surface area (Å²) in [4.78, 5) is 35.9. The van der Waals surface area contributed by atoms with Crippen molar-refractivity contribution in [3.05, 3.63) is 41.5 Å². The van der Waals surface area contributed by atoms with Gasteiger partial charge in [-0.25, -0.2) is 9.97 Å². The van der Waals surface area contributed by atoms with Gasteiger partial charge in [-0.1, -0.05) is 0 Å². The summed E-state index contributed by atoms with van der Waals surface area (Å²) in [7, 11) is 0. The molecule has 176 valence electrons. The van der Waals surface area contributed by atoms with E-state index in [-0.39, 0.29) is 35.4 Å². The van der Waals surface area contributed by atoms with Crippen LogP contribution >= 0.6 is 0 Å². The van der Waals surface area contributed by atoms with Crippen molar-refractivity contribution in [2.45, 2.75) is 56.4 Å². The van der Waals surface area contributed by atoms with Crippen molar-refractivity contribution in [1.82, 2.24) is 20.3 Å². The van der Waals surface area contributed by atoms with E-state index < -0.39 is 23.8 Å². The number of carbonyl (C=O) groups is 2. The minimum atomic E-state index is -4.45. The zero-order valence-corrected chi connectivity index (χ0v) is 17.5. The standard InChI is InChI=1S/C21H22F3N5O4/c22-21(23,24)12-3-6-16(27-10-12)32-13-4-1-11(2-5-13)19-28-14(18(25)30)9-17(29-19)33-15-7-8-26-20(15)31/h3,6,9-11,13,15H,1-2,4-5,7-8H2,(H2,25,30)(H,26,31)/t11?,13?,15-/m0/s1. The minimum absolute atomic E-state index is 0.000679. The van der Waals surface area contributed by atoms with Gasteiger partial charge in [0, 0.05) is 37.2 Å². The second-order valence-electron chi connectivity index (χ2n) is 7.97. The van der Waals surface area contributed by atoms with Crippen molar-refractivity contribution in [1.29, 1.82) is 0 Å². The van der Waals surface area contributed by atoms with E-state index in [0.29, 0.717) is 44.5 Å². The van der Waals surface area contributed by atoms with Crippen LogP contribution in [-0.2, 0) is 11.0 Å². The highest BCUT2D eigenvalue weighted by molar-refractivity contribution is 5.91. The highest BCUT2D eigenvalue weighted by Crippen LogP contribution is 2.34. The molecule has 4 rings (SSSR count). The first kappa shape index (κ1) is 22.7. The third-order valence-electron chi connectivity index (χ3n) is 5.62. The lowest BCUT2D eigenvalue weighted by Gasteiger charge is -2.28. The summed E-state index contributed by atoms with van der Waals surface area (Å²) < 4.78 is 49.4. The maximum absolute atomic E-state index is 12.7. The highest BCUT2D eigenvalue weighted by Gasteiger charge is 2.32. The number of hydrogen-bond donors (Lipinski definition) is 2. The third kappa shape index (κ3) is 5.49. The van der Waals surface area contributed by atoms with Crippen LogP contribution in [0.4, 0.5) is 13.2 Å². The molecule has 1 saturated heterocycles. The number of primary amides is 1. The topological polar surface area (TPSA) is 129 Å². The van der Waals surface area contributed by atoms with Gasteiger partial charge in [0.05, 0.1) is 5.56 Å². The maximum Gasteiger partial charge on any atom is 0.417 e. The number of rotatable bonds is 6. The van der Waals surface area contributed by atoms with E-state index in [1.165, 1.54) is 12.1 Å². The number of aromatic nitrogens is 3. The summed E-state index contributed by atoms with van der Waals surface area (Å²) in [5.74, 6) is -0.433. The molecule has 9 nitrogen and oxygen atoms in total. The molecule has 1 aliphatic carbocycles. The fourth-order valence-electron chi connectivity index (χ4n) is 3.87. The molecule has 12 heteroatoms. The van der Waals surface area contributed by atoms with Crippen LogP contribution in [0.1, 0.15) is 59.9 Å². The van der Waals surface area contributed by atoms with Crippen LogP contribution in [0.25, 0.3) is 0 Å². The van der Waals surface area contributed by atoms with Crippen LogP contribution in [0, 0.1) is 0 Å². The molecule has 3 N–H and O–H groups in total. The molecule has 2 aliphatic rings. The normalized spacial score (nSPS) is 23.1. The predicted molar refractivity (Wildman–Crippen MR) is 107 cm³/mol. The lowest BCUT2D eigenvalue weighted by molar-refractivity contribution is -0.137. The highest BCUT2D eigenvalue weighted by atomic mass is 19.4. The molecule has 0 radical (unpaired) electrons. The molecular weight excluding hydrogens is 443 g/mol. The van der Waals surface area contributed by atoms with Gasteiger partial charge >= 0.3 is 6.18 Å². The van der Waals surface area contributed by atoms with E-state index in [4.69, 9.17) is 15.2 Å². The Morgan fingerprint density at radius 3 is 2.39 bits per heavy atom. The van der Waals surface area contributed by atoms with Gasteiger partial charge < -0.3 is 20.5 Å². The van der Waals surface area contributed by atoms with Gasteiger partial charge in [0.25, 0.3) is 11.8 Å². The number of alkyl halides is 3. The number of nitrogens with zero attached hydrogens (tertiary/aromatic N) is 3. The Kier molecular flexibility index (Phi) is 6.34. The van der Waals surface area contributed by atoms with Crippen LogP contribution in [0.5, 0.6) is 11.8 Å². The maximum atomic E-state index is 12.7. The van der Waals surface area contributed by atoms with Crippen LogP contribution in [0.3, 0.4) is 0 Å². The fraction of sp³-hybridized carbons (Fsp3) is 0.476. The molecule has 2 aromatic heterocycles. The first-order valence-electron chi connectivity index (χ1n) is 10.5. The van der Waals surface area contributed by atoms with Crippen molar-refractivity contribution in [3.8, 4) is 11.8 Å². The lowest BCUT2D eigenvalue weighted by Crippen LogP contribution is -2.29. The fourth-order valence-corrected chi connectivity index (χ4v) is 3.87. The first-order chi connectivity index (χ1) is 15.7. The largest absolute Gasteiger partial charge is 0.474 e. The van der Waals surface area contributed by atoms with Crippen molar-refractivity contribution in [2.75, 3.05) is 6.54 Å². The molecule has 1 aliphatic heterocycles. The van der Waals surface area contributed by atoms with Crippen LogP contribution in [0.2, 0.25) is 0 Å². The molecule has 2 amide bonds. The second-order valence-corrected chi connectivity index (χ2v) is 7.97. The zero-order valence-electron chi connectivity index (χ0n) is 17.5. The Morgan fingerprint density at radius 2 is 1.82 bits per heavy atom. The van der Waals surface area contributed by atoms with Crippen molar-refractivity contribution >= 4 is 11.8 Å². The third-order valence-corrected chi connectivity index (χ3v) is 5.62. The average molecular weight is 465 g/mol. The van der Waals surface area contributed by atoms with Gasteiger partial charge in [0.2, 0.25) is 11.8 Å². The second kappa shape index (κ2) is 9.20. The Bertz CT molecular complexity index is 1020. The molecule has 0 bridgehead atoms. The molecule has 0 spiro atoms. The Labute approximate surface area is 186 Å². The Morgan fingerprint density at radius 1 is 1.06 bits per heavy atom. The van der Waals surface area contributed by atoms with Gasteiger partial charge in [-0.2, -0.15) is 18.2 Å².